The molecule has 4 aliphatic rings. The summed E-state index contributed by atoms with van der Waals surface area (Å²) in [6, 6.07) is 12.1. The summed E-state index contributed by atoms with van der Waals surface area (Å²) >= 11 is 0. The summed E-state index contributed by atoms with van der Waals surface area (Å²) in [5, 5.41) is 11.1. The molecule has 0 saturated carbocycles. The summed E-state index contributed by atoms with van der Waals surface area (Å²) < 4.78 is 48.5. The van der Waals surface area contributed by atoms with Crippen molar-refractivity contribution in [1.29, 1.82) is 0 Å². The lowest BCUT2D eigenvalue weighted by Gasteiger charge is -2.45. The second kappa shape index (κ2) is 30.4. The minimum Gasteiger partial charge on any atom is -0.493 e. The van der Waals surface area contributed by atoms with Crippen molar-refractivity contribution in [2.24, 2.45) is 0 Å². The third-order valence-corrected chi connectivity index (χ3v) is 20.8. The number of nitrogens with zero attached hydrogens (tertiary/aromatic N) is 4. The molecular weight excluding hydrogens is 1100 g/mol. The van der Waals surface area contributed by atoms with Gasteiger partial charge in [0, 0.05) is 86.2 Å². The molecule has 3 aromatic rings. The molecule has 4 atom stereocenters. The Balaban J connectivity index is 1.06. The zero-order valence-corrected chi connectivity index (χ0v) is 53.0. The largest absolute Gasteiger partial charge is 0.493 e. The van der Waals surface area contributed by atoms with Crippen LogP contribution in [0.1, 0.15) is 143 Å². The molecule has 0 bridgehead atoms. The summed E-state index contributed by atoms with van der Waals surface area (Å²) in [6.45, 7) is 25.7. The third kappa shape index (κ3) is 17.1. The Bertz CT molecular complexity index is 3010. The van der Waals surface area contributed by atoms with Gasteiger partial charge in [-0.2, -0.15) is 0 Å². The van der Waals surface area contributed by atoms with Crippen LogP contribution in [0.25, 0.3) is 0 Å². The molecule has 18 nitrogen and oxygen atoms in total. The smallest absolute Gasteiger partial charge is 0.409 e. The molecule has 4 aliphatic heterocycles. The summed E-state index contributed by atoms with van der Waals surface area (Å²) in [5.74, 6) is 7.58. The highest BCUT2D eigenvalue weighted by atomic mass is 28.4. The number of hydrogen-bond acceptors (Lipinski definition) is 16. The Morgan fingerprint density at radius 3 is 1.89 bits per heavy atom. The van der Waals surface area contributed by atoms with Crippen LogP contribution in [0.15, 0.2) is 66.0 Å². The normalized spacial score (nSPS) is 18.3. The number of ether oxygens (including phenoxy) is 7. The van der Waals surface area contributed by atoms with Crippen molar-refractivity contribution in [3.05, 3.63) is 99.4 Å². The number of ketones is 2. The van der Waals surface area contributed by atoms with Crippen molar-refractivity contribution in [3.8, 4) is 29.1 Å². The molecular formula is C64H87B2N4O14Si. The highest BCUT2D eigenvalue weighted by molar-refractivity contribution is 6.74. The number of methoxy groups -OCH3 is 1. The summed E-state index contributed by atoms with van der Waals surface area (Å²) in [7, 11) is -0.412. The maximum absolute atomic E-state index is 14.5. The standard InChI is InChI=1S/C64H87B2N4O14Si/c1-13-50(72)19-16-21-78-23-25-80-27-28-81-26-24-79-22-20-51(73)18-15-14-17-47-32-48(34-49(33-47)41-83-60-37-56-53(35-59(60)77-10)62(75)67-38-43(2)29-54(67)46(5)70(56)66(9)76)40-82-58-36-55-52(31-45(58)4)61(74)68-39-44(3)30-57(68)63(69(55)65-42-71)84-85(11,12)64(6,7)8/h31-39,42,46,54,57,63,76H,13,15-16,18-30,40-41H2,1-12H3/t46-,54-,57-,63-/m0/s1. The highest BCUT2D eigenvalue weighted by Crippen LogP contribution is 2.45. The Morgan fingerprint density at radius 1 is 0.741 bits per heavy atom. The zero-order chi connectivity index (χ0) is 61.6. The van der Waals surface area contributed by atoms with E-state index in [0.29, 0.717) is 124 Å². The van der Waals surface area contributed by atoms with Gasteiger partial charge in [0.05, 0.1) is 76.6 Å². The van der Waals surface area contributed by atoms with E-state index >= 15 is 0 Å². The number of benzene rings is 3. The molecule has 7 rings (SSSR count). The van der Waals surface area contributed by atoms with Crippen molar-refractivity contribution in [2.75, 3.05) is 69.6 Å². The number of anilines is 2. The number of carbonyl (C=O) groups is 5. The summed E-state index contributed by atoms with van der Waals surface area (Å²) in [6.07, 6.45) is 7.78. The molecule has 4 heterocycles. The van der Waals surface area contributed by atoms with Crippen LogP contribution >= 0.6 is 0 Å². The first-order valence-corrected chi connectivity index (χ1v) is 32.8. The van der Waals surface area contributed by atoms with E-state index in [1.807, 2.05) is 82.2 Å². The Labute approximate surface area is 505 Å². The zero-order valence-electron chi connectivity index (χ0n) is 52.0. The van der Waals surface area contributed by atoms with E-state index in [-0.39, 0.29) is 79.2 Å². The Kier molecular flexibility index (Phi) is 23.7. The van der Waals surface area contributed by atoms with Gasteiger partial charge in [-0.25, -0.2) is 0 Å². The van der Waals surface area contributed by atoms with Gasteiger partial charge < -0.3 is 66.8 Å². The molecule has 2 amide bonds. The van der Waals surface area contributed by atoms with Crippen molar-refractivity contribution in [2.45, 2.75) is 169 Å². The van der Waals surface area contributed by atoms with E-state index < -0.39 is 21.6 Å². The van der Waals surface area contributed by atoms with Gasteiger partial charge in [0.15, 0.2) is 19.8 Å². The number of aryl methyl sites for hydroxylation is 1. The van der Waals surface area contributed by atoms with E-state index in [1.54, 1.807) is 33.6 Å². The summed E-state index contributed by atoms with van der Waals surface area (Å²) in [4.78, 5) is 72.7. The minimum atomic E-state index is -2.47. The first kappa shape index (κ1) is 66.3. The average molecular weight is 1190 g/mol. The lowest BCUT2D eigenvalue weighted by Crippen LogP contribution is -2.57. The van der Waals surface area contributed by atoms with Gasteiger partial charge >= 0.3 is 14.5 Å². The lowest BCUT2D eigenvalue weighted by atomic mass is 9.80. The fraction of sp³-hybridized carbons (Fsp3) is 0.547. The van der Waals surface area contributed by atoms with E-state index in [1.165, 1.54) is 14.5 Å². The first-order chi connectivity index (χ1) is 40.5. The van der Waals surface area contributed by atoms with Gasteiger partial charge in [-0.3, -0.25) is 19.2 Å². The van der Waals surface area contributed by atoms with Crippen LogP contribution in [-0.4, -0.2) is 151 Å². The number of fused-ring (bicyclic) bond motifs is 4. The van der Waals surface area contributed by atoms with Gasteiger partial charge in [0.25, 0.3) is 11.8 Å². The second-order valence-corrected chi connectivity index (χ2v) is 28.7. The molecule has 21 heteroatoms. The maximum atomic E-state index is 14.5. The Morgan fingerprint density at radius 2 is 1.31 bits per heavy atom. The number of rotatable bonds is 31. The minimum absolute atomic E-state index is 0.0259. The van der Waals surface area contributed by atoms with Crippen LogP contribution in [0.3, 0.4) is 0 Å². The lowest BCUT2D eigenvalue weighted by molar-refractivity contribution is -0.120. The molecule has 1 radical (unpaired) electrons. The topological polar surface area (TPSA) is 192 Å². The van der Waals surface area contributed by atoms with Crippen LogP contribution in [0.2, 0.25) is 25.0 Å². The van der Waals surface area contributed by atoms with Crippen molar-refractivity contribution in [1.82, 2.24) is 9.80 Å². The van der Waals surface area contributed by atoms with Crippen molar-refractivity contribution in [3.63, 3.8) is 0 Å². The highest BCUT2D eigenvalue weighted by Gasteiger charge is 2.49. The van der Waals surface area contributed by atoms with Gasteiger partial charge in [0.1, 0.15) is 42.9 Å². The van der Waals surface area contributed by atoms with E-state index in [4.69, 9.17) is 37.6 Å². The van der Waals surface area contributed by atoms with Crippen molar-refractivity contribution < 1.29 is 66.6 Å². The molecule has 85 heavy (non-hydrogen) atoms. The van der Waals surface area contributed by atoms with Crippen molar-refractivity contribution >= 4 is 63.7 Å². The molecule has 0 aromatic heterocycles. The number of amides is 2. The fourth-order valence-electron chi connectivity index (χ4n) is 10.8. The monoisotopic (exact) mass is 1190 g/mol. The van der Waals surface area contributed by atoms with Crippen LogP contribution in [-0.2, 0) is 51.0 Å². The van der Waals surface area contributed by atoms with Gasteiger partial charge in [-0.15, -0.1) is 0 Å². The number of carbonyl (C=O) groups excluding carboxylic acids is 5. The molecule has 3 aromatic carbocycles. The summed E-state index contributed by atoms with van der Waals surface area (Å²) in [5.41, 5.74) is 6.86. The van der Waals surface area contributed by atoms with E-state index in [2.05, 4.69) is 45.7 Å². The van der Waals surface area contributed by atoms with Gasteiger partial charge in [-0.1, -0.05) is 50.7 Å². The maximum Gasteiger partial charge on any atom is 0.409 e. The quantitative estimate of drug-likeness (QED) is 0.0277. The van der Waals surface area contributed by atoms with Crippen LogP contribution in [0.4, 0.5) is 11.4 Å². The molecule has 0 aliphatic carbocycles. The molecule has 0 spiro atoms. The van der Waals surface area contributed by atoms with Crippen LogP contribution in [0.5, 0.6) is 17.2 Å². The number of hydrogen-bond donors (Lipinski definition) is 1. The number of Topliss-reactive ketones (excluding diaryl/α,β-unsaturated/α-hetero) is 2. The fourth-order valence-corrected chi connectivity index (χ4v) is 12.0. The van der Waals surface area contributed by atoms with Crippen LogP contribution in [0, 0.1) is 18.8 Å². The average Bonchev–Trinajstić information content (AvgIpc) is 1.72. The molecule has 0 saturated heterocycles. The third-order valence-electron chi connectivity index (χ3n) is 16.4. The van der Waals surface area contributed by atoms with Crippen LogP contribution < -0.4 is 23.8 Å². The second-order valence-electron chi connectivity index (χ2n) is 24.0. The predicted octanol–water partition coefficient (Wildman–Crippen LogP) is 9.61. The first-order valence-electron chi connectivity index (χ1n) is 29.8. The molecule has 0 unspecified atom stereocenters. The molecule has 457 valence electrons. The van der Waals surface area contributed by atoms with Gasteiger partial charge in [-0.05, 0) is 119 Å². The molecule has 1 N–H and O–H groups in total. The Hall–Kier alpha value is -6.24. The molecule has 0 fully saturated rings. The van der Waals surface area contributed by atoms with Gasteiger partial charge in [0.2, 0.25) is 0 Å². The van der Waals surface area contributed by atoms with E-state index in [0.717, 1.165) is 40.4 Å². The predicted molar refractivity (Wildman–Crippen MR) is 332 cm³/mol. The SMILES string of the molecule is CCC(=O)CCCOCCOCCOCCOCCC(=O)CCC#Cc1cc(COc2cc3c(cc2C)C(=O)N2C=C(C)C[C@H]2[C@H](O[Si](C)(C)C(C)(C)C)N3[B]C=O)cc(COc2cc3c(cc2OC)C(=O)N2C=C(C)C[C@H]2[C@H](C)N3B(C)O)c1. The van der Waals surface area contributed by atoms with E-state index in [9.17, 15) is 29.0 Å².